The molecule has 1 saturated carbocycles. The summed E-state index contributed by atoms with van der Waals surface area (Å²) >= 11 is 4.84. The molecule has 4 nitrogen and oxygen atoms in total. The summed E-state index contributed by atoms with van der Waals surface area (Å²) in [7, 11) is 0. The molecule has 1 saturated heterocycles. The maximum absolute atomic E-state index is 12.3. The lowest BCUT2D eigenvalue weighted by Crippen LogP contribution is -2.52. The Morgan fingerprint density at radius 1 is 1.10 bits per heavy atom. The lowest BCUT2D eigenvalue weighted by atomic mass is 9.84. The van der Waals surface area contributed by atoms with Gasteiger partial charge in [-0.25, -0.2) is 0 Å². The molecule has 0 atom stereocenters. The summed E-state index contributed by atoms with van der Waals surface area (Å²) in [6.07, 6.45) is 3.27. The second kappa shape index (κ2) is 5.85. The number of rotatable bonds is 2. The largest absolute Gasteiger partial charge is 0.339 e. The first-order valence-corrected chi connectivity index (χ1v) is 8.59. The summed E-state index contributed by atoms with van der Waals surface area (Å²) in [6.45, 7) is 2.64. The zero-order valence-corrected chi connectivity index (χ0v) is 13.6. The molecule has 20 heavy (non-hydrogen) atoms. The zero-order chi connectivity index (χ0) is 14.1. The van der Waals surface area contributed by atoms with Gasteiger partial charge in [0.05, 0.1) is 8.66 Å². The highest BCUT2D eigenvalue weighted by Crippen LogP contribution is 2.29. The van der Waals surface area contributed by atoms with Crippen molar-refractivity contribution in [3.8, 4) is 0 Å². The van der Waals surface area contributed by atoms with Crippen LogP contribution in [0.3, 0.4) is 0 Å². The molecule has 0 bridgehead atoms. The van der Waals surface area contributed by atoms with Gasteiger partial charge in [0.25, 0.3) is 5.91 Å². The van der Waals surface area contributed by atoms with Crippen LogP contribution in [0, 0.1) is 5.92 Å². The summed E-state index contributed by atoms with van der Waals surface area (Å²) in [5, 5.41) is 0. The average Bonchev–Trinajstić information content (AvgIpc) is 2.83. The van der Waals surface area contributed by atoms with E-state index in [2.05, 4.69) is 15.9 Å². The molecular formula is C14H17BrN2O2S. The summed E-state index contributed by atoms with van der Waals surface area (Å²) in [6, 6.07) is 3.75. The van der Waals surface area contributed by atoms with Crippen molar-refractivity contribution in [3.05, 3.63) is 20.8 Å². The van der Waals surface area contributed by atoms with E-state index in [0.29, 0.717) is 32.1 Å². The van der Waals surface area contributed by atoms with Gasteiger partial charge in [0, 0.05) is 32.1 Å². The highest BCUT2D eigenvalue weighted by atomic mass is 79.9. The van der Waals surface area contributed by atoms with Crippen molar-refractivity contribution in [2.75, 3.05) is 26.2 Å². The number of halogens is 1. The molecule has 2 fully saturated rings. The van der Waals surface area contributed by atoms with E-state index < -0.39 is 0 Å². The van der Waals surface area contributed by atoms with E-state index in [-0.39, 0.29) is 11.8 Å². The fourth-order valence-corrected chi connectivity index (χ4v) is 3.98. The van der Waals surface area contributed by atoms with E-state index in [1.54, 1.807) is 0 Å². The van der Waals surface area contributed by atoms with Gasteiger partial charge in [0.2, 0.25) is 5.91 Å². The molecule has 2 heterocycles. The minimum Gasteiger partial charge on any atom is -0.339 e. The number of carbonyl (C=O) groups is 2. The summed E-state index contributed by atoms with van der Waals surface area (Å²) in [5.41, 5.74) is 0. The predicted molar refractivity (Wildman–Crippen MR) is 81.8 cm³/mol. The second-order valence-electron chi connectivity index (χ2n) is 5.35. The number of nitrogens with zero attached hydrogens (tertiary/aromatic N) is 2. The second-order valence-corrected chi connectivity index (χ2v) is 7.81. The van der Waals surface area contributed by atoms with Crippen LogP contribution >= 0.6 is 27.3 Å². The normalized spacial score (nSPS) is 19.9. The molecule has 2 amide bonds. The van der Waals surface area contributed by atoms with E-state index in [1.165, 1.54) is 17.8 Å². The van der Waals surface area contributed by atoms with Crippen LogP contribution in [0.5, 0.6) is 0 Å². The first kappa shape index (κ1) is 14.1. The summed E-state index contributed by atoms with van der Waals surface area (Å²) in [5.74, 6) is 0.629. The molecular weight excluding hydrogens is 340 g/mol. The average molecular weight is 357 g/mol. The fraction of sp³-hybridized carbons (Fsp3) is 0.571. The van der Waals surface area contributed by atoms with Crippen molar-refractivity contribution in [1.82, 2.24) is 9.80 Å². The number of hydrogen-bond donors (Lipinski definition) is 0. The number of hydrogen-bond acceptors (Lipinski definition) is 3. The lowest BCUT2D eigenvalue weighted by Gasteiger charge is -2.38. The van der Waals surface area contributed by atoms with Gasteiger partial charge in [0.1, 0.15) is 0 Å². The standard InChI is InChI=1S/C14H17BrN2O2S/c15-12-5-4-11(20-12)14(19)17-8-6-16(7-9-17)13(18)10-2-1-3-10/h4-5,10H,1-3,6-9H2. The van der Waals surface area contributed by atoms with Gasteiger partial charge in [0.15, 0.2) is 0 Å². The Morgan fingerprint density at radius 3 is 2.25 bits per heavy atom. The van der Waals surface area contributed by atoms with Crippen molar-refractivity contribution in [3.63, 3.8) is 0 Å². The van der Waals surface area contributed by atoms with E-state index in [0.717, 1.165) is 21.5 Å². The van der Waals surface area contributed by atoms with Crippen molar-refractivity contribution < 1.29 is 9.59 Å². The van der Waals surface area contributed by atoms with Gasteiger partial charge in [-0.05, 0) is 40.9 Å². The van der Waals surface area contributed by atoms with Gasteiger partial charge in [-0.15, -0.1) is 11.3 Å². The van der Waals surface area contributed by atoms with E-state index in [9.17, 15) is 9.59 Å². The molecule has 0 aromatic carbocycles. The Morgan fingerprint density at radius 2 is 1.75 bits per heavy atom. The van der Waals surface area contributed by atoms with Crippen molar-refractivity contribution in [2.45, 2.75) is 19.3 Å². The van der Waals surface area contributed by atoms with Crippen LogP contribution in [0.15, 0.2) is 15.9 Å². The first-order chi connectivity index (χ1) is 9.65. The number of piperazine rings is 1. The van der Waals surface area contributed by atoms with Gasteiger partial charge >= 0.3 is 0 Å². The van der Waals surface area contributed by atoms with Crippen LogP contribution in [0.25, 0.3) is 0 Å². The Hall–Kier alpha value is -0.880. The highest BCUT2D eigenvalue weighted by molar-refractivity contribution is 9.11. The zero-order valence-electron chi connectivity index (χ0n) is 11.2. The summed E-state index contributed by atoms with van der Waals surface area (Å²) in [4.78, 5) is 29.0. The molecule has 1 aliphatic heterocycles. The Balaban J connectivity index is 1.55. The number of carbonyl (C=O) groups excluding carboxylic acids is 2. The van der Waals surface area contributed by atoms with Crippen LogP contribution in [0.1, 0.15) is 28.9 Å². The minimum absolute atomic E-state index is 0.0800. The molecule has 6 heteroatoms. The third-order valence-corrected chi connectivity index (χ3v) is 5.73. The van der Waals surface area contributed by atoms with Gasteiger partial charge < -0.3 is 9.80 Å². The molecule has 1 aromatic rings. The van der Waals surface area contributed by atoms with Gasteiger partial charge in [-0.2, -0.15) is 0 Å². The van der Waals surface area contributed by atoms with Crippen molar-refractivity contribution in [1.29, 1.82) is 0 Å². The fourth-order valence-electron chi connectivity index (χ4n) is 2.63. The maximum atomic E-state index is 12.3. The summed E-state index contributed by atoms with van der Waals surface area (Å²) < 4.78 is 0.972. The van der Waals surface area contributed by atoms with Crippen LogP contribution in [-0.4, -0.2) is 47.8 Å². The predicted octanol–water partition coefficient (Wildman–Crippen LogP) is 2.60. The Kier molecular flexibility index (Phi) is 4.12. The van der Waals surface area contributed by atoms with Crippen LogP contribution in [-0.2, 0) is 4.79 Å². The van der Waals surface area contributed by atoms with E-state index in [1.807, 2.05) is 21.9 Å². The highest BCUT2D eigenvalue weighted by Gasteiger charge is 2.32. The maximum Gasteiger partial charge on any atom is 0.264 e. The Bertz CT molecular complexity index is 519. The molecule has 1 aromatic heterocycles. The SMILES string of the molecule is O=C(c1ccc(Br)s1)N1CCN(C(=O)C2CCC2)CC1. The van der Waals surface area contributed by atoms with Crippen LogP contribution in [0.4, 0.5) is 0 Å². The molecule has 0 N–H and O–H groups in total. The van der Waals surface area contributed by atoms with Crippen molar-refractivity contribution >= 4 is 39.1 Å². The third kappa shape index (κ3) is 2.76. The van der Waals surface area contributed by atoms with Crippen molar-refractivity contribution in [2.24, 2.45) is 5.92 Å². The molecule has 3 rings (SSSR count). The number of thiophene rings is 1. The molecule has 0 radical (unpaired) electrons. The number of amides is 2. The first-order valence-electron chi connectivity index (χ1n) is 6.98. The molecule has 2 aliphatic rings. The monoisotopic (exact) mass is 356 g/mol. The van der Waals surface area contributed by atoms with Gasteiger partial charge in [-0.3, -0.25) is 9.59 Å². The Labute approximate surface area is 130 Å². The molecule has 1 aliphatic carbocycles. The third-order valence-electron chi connectivity index (χ3n) is 4.12. The molecule has 0 unspecified atom stereocenters. The van der Waals surface area contributed by atoms with Crippen LogP contribution in [0.2, 0.25) is 0 Å². The minimum atomic E-state index is 0.0800. The van der Waals surface area contributed by atoms with E-state index >= 15 is 0 Å². The van der Waals surface area contributed by atoms with E-state index in [4.69, 9.17) is 0 Å². The van der Waals surface area contributed by atoms with Crippen LogP contribution < -0.4 is 0 Å². The topological polar surface area (TPSA) is 40.6 Å². The molecule has 108 valence electrons. The van der Waals surface area contributed by atoms with Gasteiger partial charge in [-0.1, -0.05) is 6.42 Å². The smallest absolute Gasteiger partial charge is 0.264 e. The lowest BCUT2D eigenvalue weighted by molar-refractivity contribution is -0.139. The molecule has 0 spiro atoms. The quantitative estimate of drug-likeness (QED) is 0.816.